The quantitative estimate of drug-likeness (QED) is 0.560. The zero-order valence-electron chi connectivity index (χ0n) is 11.9. The average molecular weight is 434 g/mol. The van der Waals surface area contributed by atoms with Gasteiger partial charge in [-0.15, -0.1) is 0 Å². The predicted octanol–water partition coefficient (Wildman–Crippen LogP) is 5.88. The summed E-state index contributed by atoms with van der Waals surface area (Å²) in [5.41, 5.74) is 2.28. The largest absolute Gasteiger partial charge is 0.310 e. The summed E-state index contributed by atoms with van der Waals surface area (Å²) in [5, 5.41) is 5.06. The van der Waals surface area contributed by atoms with Gasteiger partial charge in [-0.25, -0.2) is 0 Å². The van der Waals surface area contributed by atoms with E-state index in [4.69, 9.17) is 23.2 Å². The second-order valence-electron chi connectivity index (χ2n) is 4.97. The summed E-state index contributed by atoms with van der Waals surface area (Å²) in [6.07, 6.45) is 1.88. The van der Waals surface area contributed by atoms with E-state index in [0.717, 1.165) is 35.0 Å². The third-order valence-electron chi connectivity index (χ3n) is 3.36. The van der Waals surface area contributed by atoms with Gasteiger partial charge in [0.25, 0.3) is 0 Å². The molecule has 0 aromatic heterocycles. The number of benzene rings is 2. The zero-order valence-corrected chi connectivity index (χ0v) is 15.5. The van der Waals surface area contributed by atoms with Gasteiger partial charge >= 0.3 is 0 Å². The van der Waals surface area contributed by atoms with Gasteiger partial charge < -0.3 is 5.32 Å². The van der Waals surface area contributed by atoms with Crippen molar-refractivity contribution in [1.29, 1.82) is 0 Å². The molecule has 0 fully saturated rings. The molecule has 1 atom stereocenters. The molecule has 1 nitrogen and oxygen atoms in total. The Morgan fingerprint density at radius 1 is 1.10 bits per heavy atom. The number of rotatable bonds is 6. The minimum absolute atomic E-state index is 0.220. The van der Waals surface area contributed by atoms with Crippen molar-refractivity contribution in [3.05, 3.63) is 67.2 Å². The lowest BCUT2D eigenvalue weighted by molar-refractivity contribution is 0.529. The lowest BCUT2D eigenvalue weighted by Gasteiger charge is -2.21. The maximum Gasteiger partial charge on any atom is 0.0453 e. The molecule has 2 rings (SSSR count). The van der Waals surface area contributed by atoms with Crippen LogP contribution in [0.1, 0.15) is 30.5 Å². The van der Waals surface area contributed by atoms with Gasteiger partial charge in [-0.3, -0.25) is 0 Å². The molecule has 0 aliphatic heterocycles. The Kier molecular flexibility index (Phi) is 6.80. The fraction of sp³-hybridized carbons (Fsp3) is 0.294. The van der Waals surface area contributed by atoms with Gasteiger partial charge in [0.15, 0.2) is 0 Å². The van der Waals surface area contributed by atoms with E-state index in [9.17, 15) is 0 Å². The molecule has 2 aromatic carbocycles. The molecule has 21 heavy (non-hydrogen) atoms. The third-order valence-corrected chi connectivity index (χ3v) is 4.74. The van der Waals surface area contributed by atoms with E-state index < -0.39 is 0 Å². The molecule has 0 amide bonds. The Morgan fingerprint density at radius 2 is 1.76 bits per heavy atom. The van der Waals surface area contributed by atoms with Gasteiger partial charge in [-0.2, -0.15) is 0 Å². The second kappa shape index (κ2) is 8.37. The molecular weight excluding hydrogens is 416 g/mol. The minimum Gasteiger partial charge on any atom is -0.310 e. The summed E-state index contributed by atoms with van der Waals surface area (Å²) in [4.78, 5) is 0. The lowest BCUT2D eigenvalue weighted by atomic mass is 9.98. The van der Waals surface area contributed by atoms with E-state index in [1.165, 1.54) is 9.13 Å². The highest BCUT2D eigenvalue weighted by Gasteiger charge is 2.15. The summed E-state index contributed by atoms with van der Waals surface area (Å²) in [5.74, 6) is 0. The van der Waals surface area contributed by atoms with Crippen molar-refractivity contribution in [3.63, 3.8) is 0 Å². The van der Waals surface area contributed by atoms with E-state index >= 15 is 0 Å². The van der Waals surface area contributed by atoms with Gasteiger partial charge in [0, 0.05) is 19.7 Å². The smallest absolute Gasteiger partial charge is 0.0453 e. The maximum absolute atomic E-state index is 6.31. The van der Waals surface area contributed by atoms with Crippen LogP contribution in [0.25, 0.3) is 0 Å². The van der Waals surface area contributed by atoms with Gasteiger partial charge in [-0.1, -0.05) is 48.3 Å². The maximum atomic E-state index is 6.31. The summed E-state index contributed by atoms with van der Waals surface area (Å²) >= 11 is 15.0. The fourth-order valence-corrected chi connectivity index (χ4v) is 3.40. The van der Waals surface area contributed by atoms with Crippen molar-refractivity contribution < 1.29 is 0 Å². The first-order chi connectivity index (χ1) is 10.1. The molecule has 2 aromatic rings. The molecule has 0 aliphatic carbocycles. The molecular formula is C17H18Cl2IN. The summed E-state index contributed by atoms with van der Waals surface area (Å²) in [7, 11) is 0. The van der Waals surface area contributed by atoms with Crippen LogP contribution in [-0.2, 0) is 6.42 Å². The van der Waals surface area contributed by atoms with Crippen LogP contribution in [0.2, 0.25) is 10.0 Å². The number of halogens is 3. The van der Waals surface area contributed by atoms with Crippen LogP contribution in [0.3, 0.4) is 0 Å². The van der Waals surface area contributed by atoms with Crippen molar-refractivity contribution in [2.45, 2.75) is 25.8 Å². The van der Waals surface area contributed by atoms with Crippen LogP contribution >= 0.6 is 45.8 Å². The molecule has 0 aliphatic rings. The Balaban J connectivity index is 2.28. The molecule has 112 valence electrons. The van der Waals surface area contributed by atoms with Gasteiger partial charge in [-0.05, 0) is 77.4 Å². The molecule has 1 N–H and O–H groups in total. The van der Waals surface area contributed by atoms with Gasteiger partial charge in [0.2, 0.25) is 0 Å². The van der Waals surface area contributed by atoms with Crippen molar-refractivity contribution in [1.82, 2.24) is 5.32 Å². The molecule has 0 saturated carbocycles. The van der Waals surface area contributed by atoms with E-state index in [2.05, 4.69) is 59.1 Å². The molecule has 0 heterocycles. The van der Waals surface area contributed by atoms with E-state index in [-0.39, 0.29) is 6.04 Å². The second-order valence-corrected chi connectivity index (χ2v) is 7.03. The third kappa shape index (κ3) is 4.85. The SMILES string of the molecule is CCCNC(Cc1c(Cl)cccc1Cl)c1cccc(I)c1. The highest BCUT2D eigenvalue weighted by molar-refractivity contribution is 14.1. The van der Waals surface area contributed by atoms with Crippen LogP contribution in [-0.4, -0.2) is 6.54 Å². The molecule has 4 heteroatoms. The van der Waals surface area contributed by atoms with Gasteiger partial charge in [0.05, 0.1) is 0 Å². The fourth-order valence-electron chi connectivity index (χ4n) is 2.28. The minimum atomic E-state index is 0.220. The Hall–Kier alpha value is -0.290. The number of nitrogens with one attached hydrogen (secondary N) is 1. The summed E-state index contributed by atoms with van der Waals surface area (Å²) < 4.78 is 1.23. The van der Waals surface area contributed by atoms with Crippen molar-refractivity contribution in [2.24, 2.45) is 0 Å². The first-order valence-corrected chi connectivity index (χ1v) is 8.87. The topological polar surface area (TPSA) is 12.0 Å². The van der Waals surface area contributed by atoms with E-state index in [0.29, 0.717) is 0 Å². The van der Waals surface area contributed by atoms with Crippen molar-refractivity contribution >= 4 is 45.8 Å². The van der Waals surface area contributed by atoms with Crippen LogP contribution < -0.4 is 5.32 Å². The van der Waals surface area contributed by atoms with Crippen LogP contribution in [0, 0.1) is 3.57 Å². The molecule has 0 saturated heterocycles. The molecule has 0 bridgehead atoms. The zero-order chi connectivity index (χ0) is 15.2. The van der Waals surface area contributed by atoms with Crippen LogP contribution in [0.5, 0.6) is 0 Å². The normalized spacial score (nSPS) is 12.4. The van der Waals surface area contributed by atoms with Gasteiger partial charge in [0.1, 0.15) is 0 Å². The standard InChI is InChI=1S/C17H18Cl2IN/c1-2-9-21-17(12-5-3-6-13(20)10-12)11-14-15(18)7-4-8-16(14)19/h3-8,10,17,21H,2,9,11H2,1H3. The number of hydrogen-bond acceptors (Lipinski definition) is 1. The van der Waals surface area contributed by atoms with Crippen molar-refractivity contribution in [3.8, 4) is 0 Å². The monoisotopic (exact) mass is 433 g/mol. The lowest BCUT2D eigenvalue weighted by Crippen LogP contribution is -2.24. The Morgan fingerprint density at radius 3 is 2.38 bits per heavy atom. The Bertz CT molecular complexity index is 581. The highest BCUT2D eigenvalue weighted by atomic mass is 127. The van der Waals surface area contributed by atoms with Crippen LogP contribution in [0.15, 0.2) is 42.5 Å². The average Bonchev–Trinajstić information content (AvgIpc) is 2.46. The first kappa shape index (κ1) is 17.1. The Labute approximate surface area is 150 Å². The summed E-state index contributed by atoms with van der Waals surface area (Å²) in [6.45, 7) is 3.14. The molecule has 0 radical (unpaired) electrons. The number of hydrogen-bond donors (Lipinski definition) is 1. The molecule has 0 spiro atoms. The highest BCUT2D eigenvalue weighted by Crippen LogP contribution is 2.29. The van der Waals surface area contributed by atoms with Crippen LogP contribution in [0.4, 0.5) is 0 Å². The summed E-state index contributed by atoms with van der Waals surface area (Å²) in [6, 6.07) is 14.4. The molecule has 1 unspecified atom stereocenters. The van der Waals surface area contributed by atoms with Crippen molar-refractivity contribution in [2.75, 3.05) is 6.54 Å². The predicted molar refractivity (Wildman–Crippen MR) is 100 cm³/mol. The van der Waals surface area contributed by atoms with E-state index in [1.54, 1.807) is 0 Å². The van der Waals surface area contributed by atoms with E-state index in [1.807, 2.05) is 18.2 Å². The first-order valence-electron chi connectivity index (χ1n) is 7.03.